The van der Waals surface area contributed by atoms with Gasteiger partial charge in [0, 0.05) is 25.2 Å². The van der Waals surface area contributed by atoms with Gasteiger partial charge < -0.3 is 10.2 Å². The van der Waals surface area contributed by atoms with E-state index in [1.807, 2.05) is 4.90 Å². The van der Waals surface area contributed by atoms with Crippen molar-refractivity contribution in [1.82, 2.24) is 14.9 Å². The number of hydrogen-bond acceptors (Lipinski definition) is 4. The van der Waals surface area contributed by atoms with Gasteiger partial charge in [0.05, 0.1) is 12.8 Å². The summed E-state index contributed by atoms with van der Waals surface area (Å²) in [7, 11) is -3.15. The van der Waals surface area contributed by atoms with Gasteiger partial charge in [-0.15, -0.1) is 0 Å². The van der Waals surface area contributed by atoms with Gasteiger partial charge in [-0.05, 0) is 39.0 Å². The van der Waals surface area contributed by atoms with Crippen molar-refractivity contribution in [3.63, 3.8) is 0 Å². The zero-order valence-electron chi connectivity index (χ0n) is 13.4. The molecule has 2 unspecified atom stereocenters. The lowest BCUT2D eigenvalue weighted by molar-refractivity contribution is -0.134. The smallest absolute Gasteiger partial charge is 0.236 e. The Morgan fingerprint density at radius 3 is 2.71 bits per heavy atom. The van der Waals surface area contributed by atoms with Crippen LogP contribution in [0.3, 0.4) is 0 Å². The average molecular weight is 319 g/mol. The normalized spacial score (nSPS) is 21.3. The van der Waals surface area contributed by atoms with Gasteiger partial charge in [-0.25, -0.2) is 13.1 Å². The monoisotopic (exact) mass is 319 g/mol. The molecule has 7 heteroatoms. The highest BCUT2D eigenvalue weighted by Gasteiger charge is 2.26. The van der Waals surface area contributed by atoms with Gasteiger partial charge in [0.2, 0.25) is 15.9 Å². The van der Waals surface area contributed by atoms with Crippen molar-refractivity contribution >= 4 is 15.9 Å². The van der Waals surface area contributed by atoms with E-state index in [1.165, 1.54) is 0 Å². The fraction of sp³-hybridized carbons (Fsp3) is 0.929. The lowest BCUT2D eigenvalue weighted by atomic mass is 9.99. The van der Waals surface area contributed by atoms with E-state index in [1.54, 1.807) is 0 Å². The second-order valence-electron chi connectivity index (χ2n) is 5.88. The van der Waals surface area contributed by atoms with Crippen LogP contribution in [0.5, 0.6) is 0 Å². The van der Waals surface area contributed by atoms with E-state index in [2.05, 4.69) is 23.9 Å². The molecule has 0 aromatic rings. The summed E-state index contributed by atoms with van der Waals surface area (Å²) >= 11 is 0. The first-order valence-electron chi connectivity index (χ1n) is 7.81. The van der Waals surface area contributed by atoms with Crippen molar-refractivity contribution in [2.24, 2.45) is 0 Å². The van der Waals surface area contributed by atoms with E-state index < -0.39 is 10.0 Å². The van der Waals surface area contributed by atoms with Crippen molar-refractivity contribution in [2.75, 3.05) is 25.9 Å². The van der Waals surface area contributed by atoms with Gasteiger partial charge in [-0.2, -0.15) is 0 Å². The van der Waals surface area contributed by atoms with Crippen LogP contribution in [0.2, 0.25) is 0 Å². The number of nitrogens with zero attached hydrogens (tertiary/aromatic N) is 1. The van der Waals surface area contributed by atoms with Crippen LogP contribution in [-0.2, 0) is 14.8 Å². The zero-order valence-corrected chi connectivity index (χ0v) is 14.2. The van der Waals surface area contributed by atoms with Gasteiger partial charge in [0.25, 0.3) is 0 Å². The van der Waals surface area contributed by atoms with Gasteiger partial charge in [0.1, 0.15) is 0 Å². The number of carbonyl (C=O) groups is 1. The van der Waals surface area contributed by atoms with Crippen molar-refractivity contribution in [1.29, 1.82) is 0 Å². The van der Waals surface area contributed by atoms with E-state index in [4.69, 9.17) is 0 Å². The van der Waals surface area contributed by atoms with Crippen molar-refractivity contribution < 1.29 is 13.2 Å². The van der Waals surface area contributed by atoms with Crippen LogP contribution in [-0.4, -0.2) is 57.2 Å². The first kappa shape index (κ1) is 18.4. The highest BCUT2D eigenvalue weighted by Crippen LogP contribution is 2.19. The molecular weight excluding hydrogens is 290 g/mol. The molecule has 21 heavy (non-hydrogen) atoms. The van der Waals surface area contributed by atoms with E-state index in [-0.39, 0.29) is 11.9 Å². The van der Waals surface area contributed by atoms with Crippen molar-refractivity contribution in [3.8, 4) is 0 Å². The molecule has 1 heterocycles. The van der Waals surface area contributed by atoms with Gasteiger partial charge in [-0.3, -0.25) is 4.79 Å². The molecule has 0 bridgehead atoms. The minimum absolute atomic E-state index is 0.124. The summed E-state index contributed by atoms with van der Waals surface area (Å²) in [5.74, 6) is 0.124. The lowest BCUT2D eigenvalue weighted by Crippen LogP contribution is -2.49. The third-order valence-electron chi connectivity index (χ3n) is 4.00. The number of likely N-dealkylation sites (tertiary alicyclic amines) is 1. The van der Waals surface area contributed by atoms with Crippen LogP contribution in [0.15, 0.2) is 0 Å². The molecule has 2 atom stereocenters. The molecule has 124 valence electrons. The Hall–Kier alpha value is -0.660. The number of carbonyl (C=O) groups excluding carboxylic acids is 1. The third-order valence-corrected chi connectivity index (χ3v) is 4.73. The molecule has 0 radical (unpaired) electrons. The molecule has 1 fully saturated rings. The molecule has 0 aromatic carbocycles. The highest BCUT2D eigenvalue weighted by molar-refractivity contribution is 7.88. The number of rotatable bonds is 8. The summed E-state index contributed by atoms with van der Waals surface area (Å²) in [6.07, 6.45) is 5.93. The largest absolute Gasteiger partial charge is 0.339 e. The molecule has 0 spiro atoms. The fourth-order valence-electron chi connectivity index (χ4n) is 2.55. The summed E-state index contributed by atoms with van der Waals surface area (Å²) in [5.41, 5.74) is 0. The Morgan fingerprint density at radius 1 is 1.38 bits per heavy atom. The maximum atomic E-state index is 12.3. The Morgan fingerprint density at radius 2 is 2.10 bits per heavy atom. The summed E-state index contributed by atoms with van der Waals surface area (Å²) in [6.45, 7) is 5.70. The van der Waals surface area contributed by atoms with Crippen LogP contribution >= 0.6 is 0 Å². The molecule has 2 N–H and O–H groups in total. The van der Waals surface area contributed by atoms with Crippen LogP contribution in [0.25, 0.3) is 0 Å². The maximum absolute atomic E-state index is 12.3. The van der Waals surface area contributed by atoms with E-state index in [0.29, 0.717) is 25.6 Å². The molecule has 0 aliphatic carbocycles. The number of piperidine rings is 1. The molecule has 1 rings (SSSR count). The fourth-order valence-corrected chi connectivity index (χ4v) is 3.04. The number of amides is 1. The minimum Gasteiger partial charge on any atom is -0.339 e. The molecule has 6 nitrogen and oxygen atoms in total. The first-order chi connectivity index (χ1) is 9.83. The third kappa shape index (κ3) is 7.24. The molecular formula is C14H29N3O3S. The van der Waals surface area contributed by atoms with Gasteiger partial charge in [0.15, 0.2) is 0 Å². The van der Waals surface area contributed by atoms with Crippen LogP contribution in [0.1, 0.15) is 46.0 Å². The van der Waals surface area contributed by atoms with Crippen molar-refractivity contribution in [3.05, 3.63) is 0 Å². The van der Waals surface area contributed by atoms with Gasteiger partial charge >= 0.3 is 0 Å². The zero-order chi connectivity index (χ0) is 15.9. The number of hydrogen-bond donors (Lipinski definition) is 2. The standard InChI is InChI=1S/C14H29N3O3S/c1-4-12(2)15-11-14(18)17-10-6-5-7-13(17)8-9-16-21(3,19)20/h12-13,15-16H,4-11H2,1-3H3. The van der Waals surface area contributed by atoms with Crippen molar-refractivity contribution in [2.45, 2.75) is 58.0 Å². The minimum atomic E-state index is -3.15. The van der Waals surface area contributed by atoms with Crippen LogP contribution in [0.4, 0.5) is 0 Å². The predicted octanol–water partition coefficient (Wildman–Crippen LogP) is 0.695. The summed E-state index contributed by atoms with van der Waals surface area (Å²) < 4.78 is 24.7. The van der Waals surface area contributed by atoms with E-state index in [9.17, 15) is 13.2 Å². The van der Waals surface area contributed by atoms with Crippen LogP contribution < -0.4 is 10.0 Å². The average Bonchev–Trinajstić information content (AvgIpc) is 2.43. The van der Waals surface area contributed by atoms with E-state index >= 15 is 0 Å². The number of sulfonamides is 1. The van der Waals surface area contributed by atoms with E-state index in [0.717, 1.165) is 38.5 Å². The summed E-state index contributed by atoms with van der Waals surface area (Å²) in [5, 5.41) is 3.23. The molecule has 1 aliphatic heterocycles. The molecule has 0 aromatic heterocycles. The summed E-state index contributed by atoms with van der Waals surface area (Å²) in [4.78, 5) is 14.2. The molecule has 1 amide bonds. The van der Waals surface area contributed by atoms with Gasteiger partial charge in [-0.1, -0.05) is 6.92 Å². The topological polar surface area (TPSA) is 78.5 Å². The molecule has 1 aliphatic rings. The summed E-state index contributed by atoms with van der Waals surface area (Å²) in [6, 6.07) is 0.489. The maximum Gasteiger partial charge on any atom is 0.236 e. The molecule has 0 saturated carbocycles. The Kier molecular flexibility index (Phi) is 7.62. The second-order valence-corrected chi connectivity index (χ2v) is 7.72. The SMILES string of the molecule is CCC(C)NCC(=O)N1CCCCC1CCNS(C)(=O)=O. The molecule has 1 saturated heterocycles. The lowest BCUT2D eigenvalue weighted by Gasteiger charge is -2.36. The Bertz CT molecular complexity index is 425. The first-order valence-corrected chi connectivity index (χ1v) is 9.70. The second kappa shape index (κ2) is 8.70. The van der Waals surface area contributed by atoms with Crippen LogP contribution in [0, 0.1) is 0 Å². The highest BCUT2D eigenvalue weighted by atomic mass is 32.2. The number of nitrogens with one attached hydrogen (secondary N) is 2. The Labute approximate surface area is 128 Å². The predicted molar refractivity (Wildman–Crippen MR) is 84.6 cm³/mol. The quantitative estimate of drug-likeness (QED) is 0.690. The Balaban J connectivity index is 2.46.